The molecule has 0 fully saturated rings. The SMILES string of the molecule is NC(=O)c1ccccn1.O=C(O)C(F)(F)F. The van der Waals surface area contributed by atoms with E-state index in [1.54, 1.807) is 18.2 Å². The summed E-state index contributed by atoms with van der Waals surface area (Å²) in [5.41, 5.74) is 5.22. The second-order valence-electron chi connectivity index (χ2n) is 2.38. The van der Waals surface area contributed by atoms with Crippen LogP contribution < -0.4 is 5.73 Å². The number of aliphatic carboxylic acids is 1. The van der Waals surface area contributed by atoms with Gasteiger partial charge >= 0.3 is 12.1 Å². The Balaban J connectivity index is 0.000000293. The Hall–Kier alpha value is -2.12. The van der Waals surface area contributed by atoms with Gasteiger partial charge in [0, 0.05) is 6.20 Å². The van der Waals surface area contributed by atoms with Crippen molar-refractivity contribution in [2.45, 2.75) is 6.18 Å². The first kappa shape index (κ1) is 13.9. The largest absolute Gasteiger partial charge is 0.490 e. The van der Waals surface area contributed by atoms with Crippen LogP contribution in [0.25, 0.3) is 0 Å². The van der Waals surface area contributed by atoms with Crippen LogP contribution in [-0.2, 0) is 4.79 Å². The first-order chi connectivity index (χ1) is 7.25. The fraction of sp³-hybridized carbons (Fsp3) is 0.125. The molecule has 3 N–H and O–H groups in total. The van der Waals surface area contributed by atoms with Crippen molar-refractivity contribution in [2.24, 2.45) is 5.73 Å². The lowest BCUT2D eigenvalue weighted by molar-refractivity contribution is -0.192. The Labute approximate surface area is 87.7 Å². The van der Waals surface area contributed by atoms with E-state index >= 15 is 0 Å². The fourth-order valence-corrected chi connectivity index (χ4v) is 0.509. The maximum atomic E-state index is 10.6. The predicted octanol–water partition coefficient (Wildman–Crippen LogP) is 0.814. The predicted molar refractivity (Wildman–Crippen MR) is 46.4 cm³/mol. The van der Waals surface area contributed by atoms with E-state index in [0.717, 1.165) is 0 Å². The minimum Gasteiger partial charge on any atom is -0.475 e. The van der Waals surface area contributed by atoms with Gasteiger partial charge in [0.25, 0.3) is 5.91 Å². The van der Waals surface area contributed by atoms with Crippen molar-refractivity contribution in [1.29, 1.82) is 0 Å². The zero-order valence-corrected chi connectivity index (χ0v) is 7.73. The molecule has 0 unspecified atom stereocenters. The summed E-state index contributed by atoms with van der Waals surface area (Å²) in [7, 11) is 0. The number of alkyl halides is 3. The van der Waals surface area contributed by atoms with Gasteiger partial charge in [-0.3, -0.25) is 9.78 Å². The molecule has 0 aliphatic rings. The van der Waals surface area contributed by atoms with Crippen molar-refractivity contribution in [1.82, 2.24) is 4.98 Å². The zero-order valence-electron chi connectivity index (χ0n) is 7.73. The van der Waals surface area contributed by atoms with E-state index in [0.29, 0.717) is 5.69 Å². The molecule has 1 aromatic rings. The van der Waals surface area contributed by atoms with Crippen molar-refractivity contribution in [3.05, 3.63) is 30.1 Å². The Morgan fingerprint density at radius 3 is 2.00 bits per heavy atom. The minimum atomic E-state index is -5.08. The molecule has 0 bridgehead atoms. The van der Waals surface area contributed by atoms with Crippen LogP contribution in [0.3, 0.4) is 0 Å². The lowest BCUT2D eigenvalue weighted by Gasteiger charge is -1.93. The van der Waals surface area contributed by atoms with E-state index in [2.05, 4.69) is 4.98 Å². The quantitative estimate of drug-likeness (QED) is 0.754. The van der Waals surface area contributed by atoms with Gasteiger partial charge in [-0.25, -0.2) is 4.79 Å². The van der Waals surface area contributed by atoms with Crippen LogP contribution in [0.5, 0.6) is 0 Å². The molecule has 1 amide bonds. The number of halogens is 3. The molecule has 0 aliphatic heterocycles. The highest BCUT2D eigenvalue weighted by Gasteiger charge is 2.38. The van der Waals surface area contributed by atoms with Crippen LogP contribution >= 0.6 is 0 Å². The van der Waals surface area contributed by atoms with E-state index in [1.165, 1.54) is 6.20 Å². The molecule has 1 rings (SSSR count). The number of carboxylic acids is 1. The number of nitrogens with two attached hydrogens (primary N) is 1. The fourth-order valence-electron chi connectivity index (χ4n) is 0.509. The van der Waals surface area contributed by atoms with Gasteiger partial charge in [-0.05, 0) is 12.1 Å². The summed E-state index contributed by atoms with van der Waals surface area (Å²) in [6, 6.07) is 5.02. The molecule has 0 spiro atoms. The van der Waals surface area contributed by atoms with Gasteiger partial charge in [0.15, 0.2) is 0 Å². The van der Waals surface area contributed by atoms with Gasteiger partial charge in [-0.1, -0.05) is 6.07 Å². The van der Waals surface area contributed by atoms with Crippen molar-refractivity contribution in [3.8, 4) is 0 Å². The lowest BCUT2D eigenvalue weighted by atomic mass is 10.3. The molecular weight excluding hydrogens is 229 g/mol. The van der Waals surface area contributed by atoms with Crippen molar-refractivity contribution in [3.63, 3.8) is 0 Å². The van der Waals surface area contributed by atoms with Gasteiger partial charge in [-0.15, -0.1) is 0 Å². The summed E-state index contributed by atoms with van der Waals surface area (Å²) < 4.78 is 31.7. The number of carbonyl (C=O) groups is 2. The highest BCUT2D eigenvalue weighted by atomic mass is 19.4. The highest BCUT2D eigenvalue weighted by Crippen LogP contribution is 2.13. The Morgan fingerprint density at radius 2 is 1.81 bits per heavy atom. The van der Waals surface area contributed by atoms with Crippen LogP contribution in [0.1, 0.15) is 10.5 Å². The van der Waals surface area contributed by atoms with Crippen molar-refractivity contribution >= 4 is 11.9 Å². The van der Waals surface area contributed by atoms with Crippen molar-refractivity contribution < 1.29 is 27.9 Å². The summed E-state index contributed by atoms with van der Waals surface area (Å²) in [6.45, 7) is 0. The molecule has 1 aromatic heterocycles. The Bertz CT molecular complexity index is 365. The number of hydrogen-bond donors (Lipinski definition) is 2. The normalized spacial score (nSPS) is 9.94. The Morgan fingerprint density at radius 1 is 1.31 bits per heavy atom. The topological polar surface area (TPSA) is 93.3 Å². The number of hydrogen-bond acceptors (Lipinski definition) is 3. The summed E-state index contributed by atoms with van der Waals surface area (Å²) >= 11 is 0. The molecule has 16 heavy (non-hydrogen) atoms. The van der Waals surface area contributed by atoms with E-state index in [-0.39, 0.29) is 0 Å². The molecular formula is C8H7F3N2O3. The number of amides is 1. The lowest BCUT2D eigenvalue weighted by Crippen LogP contribution is -2.21. The number of carbonyl (C=O) groups excluding carboxylic acids is 1. The monoisotopic (exact) mass is 236 g/mol. The third kappa shape index (κ3) is 5.58. The molecule has 0 saturated carbocycles. The number of carboxylic acid groups (broad SMARTS) is 1. The molecule has 0 saturated heterocycles. The van der Waals surface area contributed by atoms with E-state index < -0.39 is 18.1 Å². The average Bonchev–Trinajstić information content (AvgIpc) is 2.18. The van der Waals surface area contributed by atoms with E-state index in [9.17, 15) is 18.0 Å². The number of pyridine rings is 1. The standard InChI is InChI=1S/C6H6N2O.C2HF3O2/c7-6(9)5-3-1-2-4-8-5;3-2(4,5)1(6)7/h1-4H,(H2,7,9);(H,6,7). The van der Waals surface area contributed by atoms with Gasteiger partial charge in [0.2, 0.25) is 0 Å². The molecule has 0 aromatic carbocycles. The molecule has 1 heterocycles. The average molecular weight is 236 g/mol. The van der Waals surface area contributed by atoms with Gasteiger partial charge in [-0.2, -0.15) is 13.2 Å². The van der Waals surface area contributed by atoms with Gasteiger partial charge in [0.1, 0.15) is 5.69 Å². The molecule has 8 heteroatoms. The van der Waals surface area contributed by atoms with Crippen LogP contribution in [-0.4, -0.2) is 28.1 Å². The molecule has 5 nitrogen and oxygen atoms in total. The second-order valence-corrected chi connectivity index (χ2v) is 2.38. The number of primary amides is 1. The summed E-state index contributed by atoms with van der Waals surface area (Å²) in [5.74, 6) is -3.25. The maximum Gasteiger partial charge on any atom is 0.490 e. The molecule has 88 valence electrons. The third-order valence-corrected chi connectivity index (χ3v) is 1.16. The third-order valence-electron chi connectivity index (χ3n) is 1.16. The minimum absolute atomic E-state index is 0.303. The van der Waals surface area contributed by atoms with Gasteiger partial charge < -0.3 is 10.8 Å². The first-order valence-electron chi connectivity index (χ1n) is 3.76. The Kier molecular flexibility index (Phi) is 4.93. The van der Waals surface area contributed by atoms with E-state index in [4.69, 9.17) is 15.6 Å². The summed E-state index contributed by atoms with van der Waals surface area (Å²) in [5, 5.41) is 7.12. The molecule has 0 aliphatic carbocycles. The highest BCUT2D eigenvalue weighted by molar-refractivity contribution is 5.90. The van der Waals surface area contributed by atoms with E-state index in [1.807, 2.05) is 0 Å². The molecule has 0 atom stereocenters. The summed E-state index contributed by atoms with van der Waals surface area (Å²) in [6.07, 6.45) is -3.56. The first-order valence-corrected chi connectivity index (χ1v) is 3.76. The van der Waals surface area contributed by atoms with Crippen LogP contribution in [0.4, 0.5) is 13.2 Å². The number of nitrogens with zero attached hydrogens (tertiary/aromatic N) is 1. The molecule has 0 radical (unpaired) electrons. The van der Waals surface area contributed by atoms with Crippen LogP contribution in [0.15, 0.2) is 24.4 Å². The van der Waals surface area contributed by atoms with Crippen molar-refractivity contribution in [2.75, 3.05) is 0 Å². The number of aromatic nitrogens is 1. The number of rotatable bonds is 1. The zero-order chi connectivity index (χ0) is 12.8. The van der Waals surface area contributed by atoms with Gasteiger partial charge in [0.05, 0.1) is 0 Å². The smallest absolute Gasteiger partial charge is 0.475 e. The second kappa shape index (κ2) is 5.69. The van der Waals surface area contributed by atoms with Crippen LogP contribution in [0, 0.1) is 0 Å². The van der Waals surface area contributed by atoms with Crippen LogP contribution in [0.2, 0.25) is 0 Å². The summed E-state index contributed by atoms with van der Waals surface area (Å²) in [4.78, 5) is 23.0. The maximum absolute atomic E-state index is 10.6.